The Labute approximate surface area is 125 Å². The molecule has 0 saturated carbocycles. The van der Waals surface area contributed by atoms with Crippen molar-refractivity contribution in [2.75, 3.05) is 31.6 Å². The third kappa shape index (κ3) is 3.82. The molecule has 1 aliphatic rings. The van der Waals surface area contributed by atoms with Crippen LogP contribution in [0.2, 0.25) is 0 Å². The highest BCUT2D eigenvalue weighted by molar-refractivity contribution is 6.04. The molecule has 1 aromatic rings. The van der Waals surface area contributed by atoms with Crippen molar-refractivity contribution in [1.29, 1.82) is 0 Å². The third-order valence-electron chi connectivity index (χ3n) is 3.77. The monoisotopic (exact) mass is 290 g/mol. The predicted octanol–water partition coefficient (Wildman–Crippen LogP) is 2.14. The standard InChI is InChI=1S/C16H22N2O3/c1-3-12(2)15(19)17-14-7-5-4-6-13(14)16(20)18-8-10-21-11-9-18/h4-7,12H,3,8-11H2,1-2H3,(H,17,19). The maximum Gasteiger partial charge on any atom is 0.256 e. The molecule has 5 heteroatoms. The van der Waals surface area contributed by atoms with Crippen molar-refractivity contribution in [3.8, 4) is 0 Å². The van der Waals surface area contributed by atoms with Crippen LogP contribution < -0.4 is 5.32 Å². The Morgan fingerprint density at radius 1 is 1.29 bits per heavy atom. The Morgan fingerprint density at radius 3 is 2.62 bits per heavy atom. The number of anilines is 1. The van der Waals surface area contributed by atoms with Gasteiger partial charge in [0.25, 0.3) is 5.91 Å². The summed E-state index contributed by atoms with van der Waals surface area (Å²) in [6, 6.07) is 7.16. The molecule has 1 aliphatic heterocycles. The molecule has 1 fully saturated rings. The van der Waals surface area contributed by atoms with Gasteiger partial charge in [-0.1, -0.05) is 26.0 Å². The lowest BCUT2D eigenvalue weighted by atomic mass is 10.1. The summed E-state index contributed by atoms with van der Waals surface area (Å²) in [7, 11) is 0. The van der Waals surface area contributed by atoms with Gasteiger partial charge in [-0.2, -0.15) is 0 Å². The molecule has 0 radical (unpaired) electrons. The first-order valence-corrected chi connectivity index (χ1v) is 7.40. The largest absolute Gasteiger partial charge is 0.378 e. The highest BCUT2D eigenvalue weighted by Crippen LogP contribution is 2.19. The number of benzene rings is 1. The normalized spacial score (nSPS) is 16.4. The molecule has 2 amide bonds. The minimum Gasteiger partial charge on any atom is -0.378 e. The molecule has 0 bridgehead atoms. The van der Waals surface area contributed by atoms with Crippen molar-refractivity contribution >= 4 is 17.5 Å². The number of carbonyl (C=O) groups is 2. The van der Waals surface area contributed by atoms with E-state index in [0.29, 0.717) is 37.6 Å². The summed E-state index contributed by atoms with van der Waals surface area (Å²) in [6.45, 7) is 6.15. The molecule has 1 saturated heterocycles. The van der Waals surface area contributed by atoms with Crippen LogP contribution in [0.3, 0.4) is 0 Å². The quantitative estimate of drug-likeness (QED) is 0.924. The second kappa shape index (κ2) is 7.22. The topological polar surface area (TPSA) is 58.6 Å². The molecule has 114 valence electrons. The fourth-order valence-corrected chi connectivity index (χ4v) is 2.16. The summed E-state index contributed by atoms with van der Waals surface area (Å²) in [6.07, 6.45) is 0.769. The summed E-state index contributed by atoms with van der Waals surface area (Å²) < 4.78 is 5.26. The van der Waals surface area contributed by atoms with Crippen LogP contribution in [0.1, 0.15) is 30.6 Å². The van der Waals surface area contributed by atoms with E-state index in [1.54, 1.807) is 17.0 Å². The zero-order valence-corrected chi connectivity index (χ0v) is 12.6. The van der Waals surface area contributed by atoms with Crippen molar-refractivity contribution in [3.05, 3.63) is 29.8 Å². The maximum atomic E-state index is 12.6. The number of para-hydroxylation sites is 1. The number of rotatable bonds is 4. The van der Waals surface area contributed by atoms with Crippen molar-refractivity contribution in [2.45, 2.75) is 20.3 Å². The predicted molar refractivity (Wildman–Crippen MR) is 81.2 cm³/mol. The first-order chi connectivity index (χ1) is 10.1. The van der Waals surface area contributed by atoms with Gasteiger partial charge in [0.1, 0.15) is 0 Å². The van der Waals surface area contributed by atoms with Gasteiger partial charge in [0.15, 0.2) is 0 Å². The van der Waals surface area contributed by atoms with Crippen LogP contribution in [0.25, 0.3) is 0 Å². The molecular weight excluding hydrogens is 268 g/mol. The van der Waals surface area contributed by atoms with Crippen molar-refractivity contribution < 1.29 is 14.3 Å². The summed E-state index contributed by atoms with van der Waals surface area (Å²) in [5, 5.41) is 2.86. The second-order valence-corrected chi connectivity index (χ2v) is 5.25. The zero-order chi connectivity index (χ0) is 15.2. The Morgan fingerprint density at radius 2 is 1.95 bits per heavy atom. The van der Waals surface area contributed by atoms with Gasteiger partial charge >= 0.3 is 0 Å². The average molecular weight is 290 g/mol. The highest BCUT2D eigenvalue weighted by atomic mass is 16.5. The maximum absolute atomic E-state index is 12.6. The van der Waals surface area contributed by atoms with Gasteiger partial charge in [-0.3, -0.25) is 9.59 Å². The zero-order valence-electron chi connectivity index (χ0n) is 12.6. The summed E-state index contributed by atoms with van der Waals surface area (Å²) in [5.41, 5.74) is 1.12. The van der Waals surface area contributed by atoms with E-state index in [-0.39, 0.29) is 17.7 Å². The molecule has 1 atom stereocenters. The van der Waals surface area contributed by atoms with E-state index in [4.69, 9.17) is 4.74 Å². The van der Waals surface area contributed by atoms with E-state index in [1.165, 1.54) is 0 Å². The van der Waals surface area contributed by atoms with Crippen molar-refractivity contribution in [3.63, 3.8) is 0 Å². The third-order valence-corrected chi connectivity index (χ3v) is 3.77. The van der Waals surface area contributed by atoms with Crippen LogP contribution in [0, 0.1) is 5.92 Å². The van der Waals surface area contributed by atoms with E-state index in [2.05, 4.69) is 5.32 Å². The molecule has 5 nitrogen and oxygen atoms in total. The lowest BCUT2D eigenvalue weighted by Gasteiger charge is -2.27. The van der Waals surface area contributed by atoms with E-state index < -0.39 is 0 Å². The van der Waals surface area contributed by atoms with Crippen LogP contribution in [-0.4, -0.2) is 43.0 Å². The van der Waals surface area contributed by atoms with E-state index in [9.17, 15) is 9.59 Å². The number of morpholine rings is 1. The van der Waals surface area contributed by atoms with Crippen LogP contribution >= 0.6 is 0 Å². The van der Waals surface area contributed by atoms with Gasteiger partial charge in [-0.25, -0.2) is 0 Å². The molecule has 1 aromatic carbocycles. The molecular formula is C16H22N2O3. The first kappa shape index (κ1) is 15.5. The van der Waals surface area contributed by atoms with E-state index >= 15 is 0 Å². The molecule has 0 spiro atoms. The Bertz CT molecular complexity index is 510. The Kier molecular flexibility index (Phi) is 5.33. The van der Waals surface area contributed by atoms with Gasteiger partial charge in [0.05, 0.1) is 24.5 Å². The number of nitrogens with one attached hydrogen (secondary N) is 1. The number of amides is 2. The highest BCUT2D eigenvalue weighted by Gasteiger charge is 2.22. The molecule has 2 rings (SSSR count). The summed E-state index contributed by atoms with van der Waals surface area (Å²) in [4.78, 5) is 26.4. The van der Waals surface area contributed by atoms with Gasteiger partial charge in [0, 0.05) is 19.0 Å². The van der Waals surface area contributed by atoms with Gasteiger partial charge in [0.2, 0.25) is 5.91 Å². The lowest BCUT2D eigenvalue weighted by Crippen LogP contribution is -2.41. The number of hydrogen-bond donors (Lipinski definition) is 1. The average Bonchev–Trinajstić information content (AvgIpc) is 2.54. The molecule has 1 N–H and O–H groups in total. The van der Waals surface area contributed by atoms with Crippen LogP contribution in [0.15, 0.2) is 24.3 Å². The molecule has 21 heavy (non-hydrogen) atoms. The van der Waals surface area contributed by atoms with Crippen molar-refractivity contribution in [2.24, 2.45) is 5.92 Å². The molecule has 1 unspecified atom stereocenters. The van der Waals surface area contributed by atoms with Gasteiger partial charge in [-0.15, -0.1) is 0 Å². The fraction of sp³-hybridized carbons (Fsp3) is 0.500. The minimum absolute atomic E-state index is 0.0558. The molecule has 0 aliphatic carbocycles. The van der Waals surface area contributed by atoms with Crippen LogP contribution in [0.4, 0.5) is 5.69 Å². The second-order valence-electron chi connectivity index (χ2n) is 5.25. The number of nitrogens with zero attached hydrogens (tertiary/aromatic N) is 1. The van der Waals surface area contributed by atoms with Gasteiger partial charge < -0.3 is 15.0 Å². The summed E-state index contributed by atoms with van der Waals surface area (Å²) >= 11 is 0. The lowest BCUT2D eigenvalue weighted by molar-refractivity contribution is -0.119. The number of ether oxygens (including phenoxy) is 1. The molecule has 0 aromatic heterocycles. The molecule has 1 heterocycles. The van der Waals surface area contributed by atoms with Gasteiger partial charge in [-0.05, 0) is 18.6 Å². The van der Waals surface area contributed by atoms with E-state index in [1.807, 2.05) is 26.0 Å². The fourth-order valence-electron chi connectivity index (χ4n) is 2.16. The van der Waals surface area contributed by atoms with Crippen molar-refractivity contribution in [1.82, 2.24) is 4.90 Å². The number of carbonyl (C=O) groups excluding carboxylic acids is 2. The Balaban J connectivity index is 2.16. The Hall–Kier alpha value is -1.88. The number of hydrogen-bond acceptors (Lipinski definition) is 3. The first-order valence-electron chi connectivity index (χ1n) is 7.40. The van der Waals surface area contributed by atoms with Crippen LogP contribution in [-0.2, 0) is 9.53 Å². The smallest absolute Gasteiger partial charge is 0.256 e. The summed E-state index contributed by atoms with van der Waals surface area (Å²) in [5.74, 6) is -0.186. The SMILES string of the molecule is CCC(C)C(=O)Nc1ccccc1C(=O)N1CCOCC1. The minimum atomic E-state index is -0.0726. The van der Waals surface area contributed by atoms with E-state index in [0.717, 1.165) is 6.42 Å². The van der Waals surface area contributed by atoms with Crippen LogP contribution in [0.5, 0.6) is 0 Å².